The second-order valence-corrected chi connectivity index (χ2v) is 8.40. The van der Waals surface area contributed by atoms with Gasteiger partial charge < -0.3 is 4.90 Å². The van der Waals surface area contributed by atoms with Crippen LogP contribution < -0.4 is 4.90 Å². The number of para-hydroxylation sites is 1. The maximum absolute atomic E-state index is 14.0. The molecule has 1 aliphatic carbocycles. The minimum atomic E-state index is -0.247. The molecule has 5 aromatic rings. The van der Waals surface area contributed by atoms with Gasteiger partial charge in [0.05, 0.1) is 0 Å². The minimum Gasteiger partial charge on any atom is -0.310 e. The number of nitrogens with zero attached hydrogens (tertiary/aromatic N) is 1. The monoisotopic (exact) mass is 427 g/mol. The Morgan fingerprint density at radius 2 is 1.15 bits per heavy atom. The van der Waals surface area contributed by atoms with Gasteiger partial charge in [-0.2, -0.15) is 0 Å². The first-order valence-corrected chi connectivity index (χ1v) is 11.2. The molecule has 0 amide bonds. The highest BCUT2D eigenvalue weighted by molar-refractivity contribution is 5.83. The van der Waals surface area contributed by atoms with Crippen molar-refractivity contribution in [3.8, 4) is 22.3 Å². The molecule has 0 unspecified atom stereocenters. The van der Waals surface area contributed by atoms with Crippen LogP contribution in [-0.4, -0.2) is 0 Å². The van der Waals surface area contributed by atoms with Crippen molar-refractivity contribution in [1.29, 1.82) is 0 Å². The van der Waals surface area contributed by atoms with E-state index in [1.54, 1.807) is 12.1 Å². The van der Waals surface area contributed by atoms with Gasteiger partial charge in [0.25, 0.3) is 0 Å². The van der Waals surface area contributed by atoms with Crippen LogP contribution in [0.15, 0.2) is 121 Å². The first-order chi connectivity index (χ1) is 16.3. The second kappa shape index (κ2) is 8.07. The number of hydrogen-bond donors (Lipinski definition) is 0. The van der Waals surface area contributed by atoms with E-state index in [1.807, 2.05) is 36.4 Å². The molecule has 0 fully saturated rings. The van der Waals surface area contributed by atoms with Crippen LogP contribution in [0.3, 0.4) is 0 Å². The first-order valence-electron chi connectivity index (χ1n) is 11.2. The SMILES string of the molecule is Fc1cccc(N(c2ccccc2)c2ccc(-c3ccc4c(c3)-c3ccccc3C4)cc2)c1. The quantitative estimate of drug-likeness (QED) is 0.272. The third-order valence-electron chi connectivity index (χ3n) is 6.34. The summed E-state index contributed by atoms with van der Waals surface area (Å²) in [5.41, 5.74) is 10.6. The van der Waals surface area contributed by atoms with Gasteiger partial charge in [-0.15, -0.1) is 0 Å². The van der Waals surface area contributed by atoms with Crippen LogP contribution in [0.4, 0.5) is 21.5 Å². The molecule has 0 heterocycles. The van der Waals surface area contributed by atoms with Gasteiger partial charge in [-0.1, -0.05) is 72.8 Å². The van der Waals surface area contributed by atoms with E-state index in [2.05, 4.69) is 71.6 Å². The summed E-state index contributed by atoms with van der Waals surface area (Å²) in [5, 5.41) is 0. The lowest BCUT2D eigenvalue weighted by Gasteiger charge is -2.25. The summed E-state index contributed by atoms with van der Waals surface area (Å²) in [6.45, 7) is 0. The molecule has 6 rings (SSSR count). The van der Waals surface area contributed by atoms with E-state index in [0.717, 1.165) is 29.0 Å². The molecule has 0 saturated heterocycles. The fraction of sp³-hybridized carbons (Fsp3) is 0.0323. The second-order valence-electron chi connectivity index (χ2n) is 8.40. The van der Waals surface area contributed by atoms with Gasteiger partial charge in [0.2, 0.25) is 0 Å². The van der Waals surface area contributed by atoms with E-state index in [9.17, 15) is 4.39 Å². The van der Waals surface area contributed by atoms with Gasteiger partial charge in [0.15, 0.2) is 0 Å². The molecule has 0 aromatic heterocycles. The molecule has 2 heteroatoms. The molecular weight excluding hydrogens is 405 g/mol. The maximum atomic E-state index is 14.0. The van der Waals surface area contributed by atoms with Gasteiger partial charge in [-0.3, -0.25) is 0 Å². The van der Waals surface area contributed by atoms with E-state index in [-0.39, 0.29) is 5.82 Å². The molecule has 0 saturated carbocycles. The van der Waals surface area contributed by atoms with Gasteiger partial charge in [-0.05, 0) is 88.3 Å². The summed E-state index contributed by atoms with van der Waals surface area (Å²) in [5.74, 6) is -0.247. The summed E-state index contributed by atoms with van der Waals surface area (Å²) in [6.07, 6.45) is 1.00. The van der Waals surface area contributed by atoms with Crippen LogP contribution in [0.2, 0.25) is 0 Å². The zero-order valence-electron chi connectivity index (χ0n) is 18.1. The molecule has 1 aliphatic rings. The fourth-order valence-electron chi connectivity index (χ4n) is 4.75. The van der Waals surface area contributed by atoms with E-state index in [4.69, 9.17) is 0 Å². The Kier molecular flexibility index (Phi) is 4.77. The third-order valence-corrected chi connectivity index (χ3v) is 6.34. The number of rotatable bonds is 4. The van der Waals surface area contributed by atoms with Gasteiger partial charge in [0, 0.05) is 17.1 Å². The molecule has 1 nitrogen and oxygen atoms in total. The van der Waals surface area contributed by atoms with Gasteiger partial charge >= 0.3 is 0 Å². The Bertz CT molecular complexity index is 1440. The van der Waals surface area contributed by atoms with Crippen molar-refractivity contribution in [2.75, 3.05) is 4.90 Å². The van der Waals surface area contributed by atoms with Crippen molar-refractivity contribution in [1.82, 2.24) is 0 Å². The standard InChI is InChI=1S/C31H22FN/c32-26-8-6-11-29(21-26)33(27-9-2-1-3-10-27)28-17-15-22(16-18-28)23-13-14-25-19-24-7-4-5-12-30(24)31(25)20-23/h1-18,20-21H,19H2. The Balaban J connectivity index is 1.38. The summed E-state index contributed by atoms with van der Waals surface area (Å²) in [7, 11) is 0. The highest BCUT2D eigenvalue weighted by atomic mass is 19.1. The molecule has 0 atom stereocenters. The third kappa shape index (κ3) is 3.60. The number of anilines is 3. The minimum absolute atomic E-state index is 0.247. The number of fused-ring (bicyclic) bond motifs is 3. The normalized spacial score (nSPS) is 11.7. The molecule has 0 bridgehead atoms. The molecular formula is C31H22FN. The number of halogens is 1. The lowest BCUT2D eigenvalue weighted by molar-refractivity contribution is 0.628. The lowest BCUT2D eigenvalue weighted by atomic mass is 9.98. The Morgan fingerprint density at radius 3 is 1.97 bits per heavy atom. The van der Waals surface area contributed by atoms with Crippen molar-refractivity contribution in [3.63, 3.8) is 0 Å². The Hall–Kier alpha value is -4.17. The predicted octanol–water partition coefficient (Wildman–Crippen LogP) is 8.53. The smallest absolute Gasteiger partial charge is 0.125 e. The highest BCUT2D eigenvalue weighted by Crippen LogP contribution is 2.40. The van der Waals surface area contributed by atoms with Crippen LogP contribution in [-0.2, 0) is 6.42 Å². The fourth-order valence-corrected chi connectivity index (χ4v) is 4.75. The van der Waals surface area contributed by atoms with E-state index < -0.39 is 0 Å². The predicted molar refractivity (Wildman–Crippen MR) is 135 cm³/mol. The van der Waals surface area contributed by atoms with Crippen LogP contribution in [0.5, 0.6) is 0 Å². The van der Waals surface area contributed by atoms with E-state index in [0.29, 0.717) is 0 Å². The summed E-state index contributed by atoms with van der Waals surface area (Å²) >= 11 is 0. The molecule has 5 aromatic carbocycles. The van der Waals surface area contributed by atoms with Gasteiger partial charge in [0.1, 0.15) is 5.82 Å². The zero-order valence-corrected chi connectivity index (χ0v) is 18.1. The zero-order chi connectivity index (χ0) is 22.2. The molecule has 0 radical (unpaired) electrons. The molecule has 0 N–H and O–H groups in total. The van der Waals surface area contributed by atoms with Crippen LogP contribution in [0.1, 0.15) is 11.1 Å². The van der Waals surface area contributed by atoms with E-state index >= 15 is 0 Å². The van der Waals surface area contributed by atoms with Crippen LogP contribution in [0.25, 0.3) is 22.3 Å². The van der Waals surface area contributed by atoms with Crippen molar-refractivity contribution in [2.45, 2.75) is 6.42 Å². The lowest BCUT2D eigenvalue weighted by Crippen LogP contribution is -2.09. The molecule has 0 spiro atoms. The summed E-state index contributed by atoms with van der Waals surface area (Å²) in [4.78, 5) is 2.08. The average Bonchev–Trinajstić information content (AvgIpc) is 3.23. The molecule has 33 heavy (non-hydrogen) atoms. The van der Waals surface area contributed by atoms with Crippen molar-refractivity contribution >= 4 is 17.1 Å². The average molecular weight is 428 g/mol. The van der Waals surface area contributed by atoms with Gasteiger partial charge in [-0.25, -0.2) is 4.39 Å². The number of hydrogen-bond acceptors (Lipinski definition) is 1. The first kappa shape index (κ1) is 19.5. The van der Waals surface area contributed by atoms with Crippen molar-refractivity contribution in [2.24, 2.45) is 0 Å². The maximum Gasteiger partial charge on any atom is 0.125 e. The Morgan fingerprint density at radius 1 is 0.485 bits per heavy atom. The van der Waals surface area contributed by atoms with Crippen molar-refractivity contribution < 1.29 is 4.39 Å². The molecule has 0 aliphatic heterocycles. The van der Waals surface area contributed by atoms with Crippen LogP contribution in [0, 0.1) is 5.82 Å². The largest absolute Gasteiger partial charge is 0.310 e. The number of benzene rings is 5. The Labute approximate surface area is 193 Å². The van der Waals surface area contributed by atoms with E-state index in [1.165, 1.54) is 33.9 Å². The summed E-state index contributed by atoms with van der Waals surface area (Å²) in [6, 6.07) is 40.7. The topological polar surface area (TPSA) is 3.24 Å². The summed E-state index contributed by atoms with van der Waals surface area (Å²) < 4.78 is 14.0. The van der Waals surface area contributed by atoms with Crippen molar-refractivity contribution in [3.05, 3.63) is 138 Å². The van der Waals surface area contributed by atoms with Crippen LogP contribution >= 0.6 is 0 Å². The molecule has 158 valence electrons. The highest BCUT2D eigenvalue weighted by Gasteiger charge is 2.18.